The Morgan fingerprint density at radius 1 is 1.37 bits per heavy atom. The predicted molar refractivity (Wildman–Crippen MR) is 77.2 cm³/mol. The molecule has 1 aliphatic heterocycles. The lowest BCUT2D eigenvalue weighted by atomic mass is 9.88. The Morgan fingerprint density at radius 3 is 2.53 bits per heavy atom. The van der Waals surface area contributed by atoms with Crippen LogP contribution in [0.5, 0.6) is 11.5 Å². The van der Waals surface area contributed by atoms with Crippen LogP contribution in [0.3, 0.4) is 0 Å². The third kappa shape index (κ3) is 2.37. The maximum atomic E-state index is 11.2. The van der Waals surface area contributed by atoms with Crippen molar-refractivity contribution < 1.29 is 14.3 Å². The van der Waals surface area contributed by atoms with Gasteiger partial charge in [0.05, 0.1) is 19.8 Å². The molecule has 0 amide bonds. The maximum Gasteiger partial charge on any atom is 0.172 e. The second-order valence-electron chi connectivity index (χ2n) is 4.87. The van der Waals surface area contributed by atoms with Crippen molar-refractivity contribution in [2.45, 2.75) is 25.3 Å². The number of halogens is 1. The van der Waals surface area contributed by atoms with Crippen LogP contribution in [-0.4, -0.2) is 27.1 Å². The number of hydrogen-bond donors (Lipinski definition) is 1. The molecule has 0 bridgehead atoms. The molecule has 1 saturated heterocycles. The van der Waals surface area contributed by atoms with Gasteiger partial charge in [-0.1, -0.05) is 0 Å². The molecule has 1 N–H and O–H groups in total. The molecule has 0 aromatic heterocycles. The second-order valence-corrected chi connectivity index (χ2v) is 5.72. The van der Waals surface area contributed by atoms with Gasteiger partial charge < -0.3 is 14.8 Å². The number of carbonyl (C=O) groups excluding carboxylic acids is 1. The van der Waals surface area contributed by atoms with Gasteiger partial charge in [-0.05, 0) is 48.3 Å². The first-order valence-electron chi connectivity index (χ1n) is 6.22. The topological polar surface area (TPSA) is 47.6 Å². The van der Waals surface area contributed by atoms with Gasteiger partial charge in [0, 0.05) is 15.6 Å². The average Bonchev–Trinajstić information content (AvgIpc) is 2.85. The van der Waals surface area contributed by atoms with Gasteiger partial charge in [-0.25, -0.2) is 0 Å². The van der Waals surface area contributed by atoms with E-state index in [0.717, 1.165) is 35.7 Å². The van der Waals surface area contributed by atoms with E-state index in [-0.39, 0.29) is 5.54 Å². The highest BCUT2D eigenvalue weighted by atomic mass is 79.9. The molecule has 0 saturated carbocycles. The van der Waals surface area contributed by atoms with Gasteiger partial charge in [0.2, 0.25) is 0 Å². The fourth-order valence-corrected chi connectivity index (χ4v) is 3.18. The number of ether oxygens (including phenoxy) is 2. The van der Waals surface area contributed by atoms with E-state index in [1.165, 1.54) is 0 Å². The third-order valence-corrected chi connectivity index (χ3v) is 4.37. The Morgan fingerprint density at radius 2 is 2.05 bits per heavy atom. The van der Waals surface area contributed by atoms with Crippen molar-refractivity contribution in [2.24, 2.45) is 0 Å². The summed E-state index contributed by atoms with van der Waals surface area (Å²) in [5.41, 5.74) is 1.34. The lowest BCUT2D eigenvalue weighted by Crippen LogP contribution is -2.33. The Kier molecular flexibility index (Phi) is 4.16. The van der Waals surface area contributed by atoms with Gasteiger partial charge >= 0.3 is 0 Å². The Balaban J connectivity index is 2.67. The normalized spacial score (nSPS) is 22.3. The molecule has 4 nitrogen and oxygen atoms in total. The fourth-order valence-electron chi connectivity index (χ4n) is 2.67. The highest BCUT2D eigenvalue weighted by Crippen LogP contribution is 2.45. The number of nitrogens with one attached hydrogen (secondary N) is 1. The van der Waals surface area contributed by atoms with Crippen LogP contribution in [0.4, 0.5) is 0 Å². The molecule has 0 radical (unpaired) electrons. The molecule has 0 aliphatic carbocycles. The number of aldehydes is 1. The molecule has 1 aliphatic rings. The number of methoxy groups -OCH3 is 2. The summed E-state index contributed by atoms with van der Waals surface area (Å²) in [6.45, 7) is 3.12. The lowest BCUT2D eigenvalue weighted by molar-refractivity contribution is 0.111. The third-order valence-electron chi connectivity index (χ3n) is 3.71. The summed E-state index contributed by atoms with van der Waals surface area (Å²) in [6, 6.07) is 1.95. The molecule has 1 heterocycles. The van der Waals surface area contributed by atoms with Crippen molar-refractivity contribution in [3.8, 4) is 11.5 Å². The number of rotatable bonds is 4. The Hall–Kier alpha value is -1.07. The van der Waals surface area contributed by atoms with Crippen molar-refractivity contribution in [1.29, 1.82) is 0 Å². The second kappa shape index (κ2) is 5.51. The molecule has 19 heavy (non-hydrogen) atoms. The zero-order valence-electron chi connectivity index (χ0n) is 11.4. The molecule has 1 aromatic carbocycles. The van der Waals surface area contributed by atoms with E-state index < -0.39 is 0 Å². The van der Waals surface area contributed by atoms with Gasteiger partial charge in [-0.3, -0.25) is 4.79 Å². The van der Waals surface area contributed by atoms with Gasteiger partial charge in [0.15, 0.2) is 17.8 Å². The number of carbonyl (C=O) groups is 1. The van der Waals surface area contributed by atoms with Gasteiger partial charge in [0.1, 0.15) is 0 Å². The van der Waals surface area contributed by atoms with Gasteiger partial charge in [0.25, 0.3) is 0 Å². The summed E-state index contributed by atoms with van der Waals surface area (Å²) in [7, 11) is 3.15. The van der Waals surface area contributed by atoms with E-state index >= 15 is 0 Å². The SMILES string of the molecule is COc1c(C2(C)CCCN2)cc(Br)c(C=O)c1OC. The monoisotopic (exact) mass is 327 g/mol. The fraction of sp³-hybridized carbons (Fsp3) is 0.500. The van der Waals surface area contributed by atoms with Gasteiger partial charge in [-0.2, -0.15) is 0 Å². The Labute approximate surface area is 121 Å². The van der Waals surface area contributed by atoms with Crippen LogP contribution >= 0.6 is 15.9 Å². The van der Waals surface area contributed by atoms with E-state index in [0.29, 0.717) is 17.1 Å². The molecular formula is C14H18BrNO3. The molecular weight excluding hydrogens is 310 g/mol. The van der Waals surface area contributed by atoms with Crippen molar-refractivity contribution >= 4 is 22.2 Å². The van der Waals surface area contributed by atoms with Crippen molar-refractivity contribution in [3.63, 3.8) is 0 Å². The van der Waals surface area contributed by atoms with Crippen molar-refractivity contribution in [2.75, 3.05) is 20.8 Å². The molecule has 104 valence electrons. The minimum Gasteiger partial charge on any atom is -0.492 e. The molecule has 1 fully saturated rings. The predicted octanol–water partition coefficient (Wildman–Crippen LogP) is 2.88. The number of hydrogen-bond acceptors (Lipinski definition) is 4. The standard InChI is InChI=1S/C14H18BrNO3/c1-14(5-4-6-16-14)10-7-11(15)9(8-17)12(18-2)13(10)19-3/h7-8,16H,4-6H2,1-3H3. The van der Waals surface area contributed by atoms with E-state index in [4.69, 9.17) is 9.47 Å². The lowest BCUT2D eigenvalue weighted by Gasteiger charge is -2.28. The zero-order chi connectivity index (χ0) is 14.0. The minimum atomic E-state index is -0.150. The van der Waals surface area contributed by atoms with Crippen LogP contribution in [0.25, 0.3) is 0 Å². The largest absolute Gasteiger partial charge is 0.492 e. The molecule has 5 heteroatoms. The first kappa shape index (κ1) is 14.3. The summed E-state index contributed by atoms with van der Waals surface area (Å²) < 4.78 is 11.6. The molecule has 1 aromatic rings. The van der Waals surface area contributed by atoms with E-state index in [1.807, 2.05) is 6.07 Å². The minimum absolute atomic E-state index is 0.150. The van der Waals surface area contributed by atoms with Crippen LogP contribution in [0.2, 0.25) is 0 Å². The summed E-state index contributed by atoms with van der Waals surface area (Å²) in [6.07, 6.45) is 2.92. The molecule has 1 unspecified atom stereocenters. The quantitative estimate of drug-likeness (QED) is 0.864. The van der Waals surface area contributed by atoms with Crippen LogP contribution in [0.15, 0.2) is 10.5 Å². The smallest absolute Gasteiger partial charge is 0.172 e. The highest BCUT2D eigenvalue weighted by molar-refractivity contribution is 9.10. The average molecular weight is 328 g/mol. The summed E-state index contributed by atoms with van der Waals surface area (Å²) >= 11 is 3.44. The van der Waals surface area contributed by atoms with Crippen LogP contribution in [0.1, 0.15) is 35.7 Å². The van der Waals surface area contributed by atoms with Crippen LogP contribution < -0.4 is 14.8 Å². The summed E-state index contributed by atoms with van der Waals surface area (Å²) in [5, 5.41) is 3.50. The summed E-state index contributed by atoms with van der Waals surface area (Å²) in [4.78, 5) is 11.2. The zero-order valence-corrected chi connectivity index (χ0v) is 13.0. The first-order chi connectivity index (χ1) is 9.07. The summed E-state index contributed by atoms with van der Waals surface area (Å²) in [5.74, 6) is 1.11. The molecule has 1 atom stereocenters. The van der Waals surface area contributed by atoms with Crippen molar-refractivity contribution in [1.82, 2.24) is 5.32 Å². The molecule has 2 rings (SSSR count). The van der Waals surface area contributed by atoms with Gasteiger partial charge in [-0.15, -0.1) is 0 Å². The number of benzene rings is 1. The highest BCUT2D eigenvalue weighted by Gasteiger charge is 2.35. The van der Waals surface area contributed by atoms with Crippen LogP contribution in [0, 0.1) is 0 Å². The van der Waals surface area contributed by atoms with E-state index in [2.05, 4.69) is 28.2 Å². The van der Waals surface area contributed by atoms with Crippen LogP contribution in [-0.2, 0) is 5.54 Å². The van der Waals surface area contributed by atoms with E-state index in [9.17, 15) is 4.79 Å². The van der Waals surface area contributed by atoms with E-state index in [1.54, 1.807) is 14.2 Å². The van der Waals surface area contributed by atoms with Crippen molar-refractivity contribution in [3.05, 3.63) is 21.7 Å². The maximum absolute atomic E-state index is 11.2. The molecule has 0 spiro atoms. The Bertz CT molecular complexity index is 496. The first-order valence-corrected chi connectivity index (χ1v) is 7.02.